The molecule has 2 N–H and O–H groups in total. The summed E-state index contributed by atoms with van der Waals surface area (Å²) in [5, 5.41) is 6.54. The standard InChI is InChI=1S/C21H22Cl2N2O3/c22-18-11-8-16(12-19(18)23)24-20(26)13-28-17-9-6-14(7-10-17)21(27)25-15-4-2-1-3-5-15/h6-12,15H,1-5,13H2,(H,24,26)(H,25,27). The molecular weight excluding hydrogens is 399 g/mol. The minimum absolute atomic E-state index is 0.0733. The smallest absolute Gasteiger partial charge is 0.262 e. The highest BCUT2D eigenvalue weighted by atomic mass is 35.5. The molecule has 0 atom stereocenters. The van der Waals surface area contributed by atoms with Crippen LogP contribution in [0.4, 0.5) is 5.69 Å². The molecule has 0 saturated heterocycles. The fraction of sp³-hybridized carbons (Fsp3) is 0.333. The topological polar surface area (TPSA) is 67.4 Å². The molecule has 1 aliphatic rings. The first-order valence-electron chi connectivity index (χ1n) is 9.30. The van der Waals surface area contributed by atoms with Crippen LogP contribution >= 0.6 is 23.2 Å². The number of nitrogens with one attached hydrogen (secondary N) is 2. The summed E-state index contributed by atoms with van der Waals surface area (Å²) in [4.78, 5) is 24.3. The number of ether oxygens (including phenoxy) is 1. The number of amides is 2. The van der Waals surface area contributed by atoms with Gasteiger partial charge in [-0.15, -0.1) is 0 Å². The molecule has 1 fully saturated rings. The van der Waals surface area contributed by atoms with Gasteiger partial charge in [0.1, 0.15) is 5.75 Å². The van der Waals surface area contributed by atoms with Crippen molar-refractivity contribution in [1.29, 1.82) is 0 Å². The summed E-state index contributed by atoms with van der Waals surface area (Å²) in [5.74, 6) is 0.117. The predicted molar refractivity (Wildman–Crippen MR) is 111 cm³/mol. The fourth-order valence-electron chi connectivity index (χ4n) is 3.14. The largest absolute Gasteiger partial charge is 0.484 e. The van der Waals surface area contributed by atoms with Crippen molar-refractivity contribution < 1.29 is 14.3 Å². The highest BCUT2D eigenvalue weighted by Gasteiger charge is 2.16. The van der Waals surface area contributed by atoms with Crippen molar-refractivity contribution in [3.05, 3.63) is 58.1 Å². The van der Waals surface area contributed by atoms with E-state index in [1.165, 1.54) is 19.3 Å². The van der Waals surface area contributed by atoms with Crippen LogP contribution in [0, 0.1) is 0 Å². The van der Waals surface area contributed by atoms with E-state index in [-0.39, 0.29) is 24.5 Å². The minimum Gasteiger partial charge on any atom is -0.484 e. The Morgan fingerprint density at radius 2 is 1.68 bits per heavy atom. The number of carbonyl (C=O) groups excluding carboxylic acids is 2. The van der Waals surface area contributed by atoms with Gasteiger partial charge in [0.25, 0.3) is 11.8 Å². The maximum absolute atomic E-state index is 12.3. The second-order valence-electron chi connectivity index (χ2n) is 6.80. The van der Waals surface area contributed by atoms with E-state index in [4.69, 9.17) is 27.9 Å². The molecule has 0 spiro atoms. The summed E-state index contributed by atoms with van der Waals surface area (Å²) >= 11 is 11.8. The maximum Gasteiger partial charge on any atom is 0.262 e. The first kappa shape index (κ1) is 20.5. The fourth-order valence-corrected chi connectivity index (χ4v) is 3.44. The zero-order valence-electron chi connectivity index (χ0n) is 15.3. The summed E-state index contributed by atoms with van der Waals surface area (Å²) in [6.45, 7) is -0.159. The minimum atomic E-state index is -0.322. The molecule has 0 bridgehead atoms. The van der Waals surface area contributed by atoms with E-state index in [0.717, 1.165) is 12.8 Å². The van der Waals surface area contributed by atoms with E-state index in [2.05, 4.69) is 10.6 Å². The number of anilines is 1. The zero-order valence-corrected chi connectivity index (χ0v) is 16.9. The molecule has 1 aliphatic carbocycles. The molecule has 148 valence electrons. The summed E-state index contributed by atoms with van der Waals surface area (Å²) in [5.41, 5.74) is 1.12. The Kier molecular flexibility index (Phi) is 7.18. The van der Waals surface area contributed by atoms with Gasteiger partial charge in [-0.2, -0.15) is 0 Å². The van der Waals surface area contributed by atoms with Crippen LogP contribution in [0.5, 0.6) is 5.75 Å². The van der Waals surface area contributed by atoms with Crippen molar-refractivity contribution in [2.75, 3.05) is 11.9 Å². The van der Waals surface area contributed by atoms with Crippen LogP contribution in [0.2, 0.25) is 10.0 Å². The normalized spacial score (nSPS) is 14.4. The predicted octanol–water partition coefficient (Wildman–Crippen LogP) is 5.07. The van der Waals surface area contributed by atoms with E-state index in [0.29, 0.717) is 27.0 Å². The lowest BCUT2D eigenvalue weighted by atomic mass is 9.95. The van der Waals surface area contributed by atoms with E-state index in [1.807, 2.05) is 0 Å². The second-order valence-corrected chi connectivity index (χ2v) is 7.61. The molecule has 0 unspecified atom stereocenters. The maximum atomic E-state index is 12.3. The van der Waals surface area contributed by atoms with Gasteiger partial charge < -0.3 is 15.4 Å². The first-order chi connectivity index (χ1) is 13.5. The molecule has 3 rings (SSSR count). The number of carbonyl (C=O) groups is 2. The molecule has 0 radical (unpaired) electrons. The van der Waals surface area contributed by atoms with Crippen molar-refractivity contribution in [3.8, 4) is 5.75 Å². The summed E-state index contributed by atoms with van der Waals surface area (Å²) < 4.78 is 5.48. The highest BCUT2D eigenvalue weighted by Crippen LogP contribution is 2.25. The Morgan fingerprint density at radius 1 is 0.964 bits per heavy atom. The van der Waals surface area contributed by atoms with Gasteiger partial charge in [0, 0.05) is 17.3 Å². The lowest BCUT2D eigenvalue weighted by molar-refractivity contribution is -0.118. The van der Waals surface area contributed by atoms with Crippen LogP contribution in [0.15, 0.2) is 42.5 Å². The van der Waals surface area contributed by atoms with Gasteiger partial charge >= 0.3 is 0 Å². The average Bonchev–Trinajstić information content (AvgIpc) is 2.70. The zero-order chi connectivity index (χ0) is 19.9. The summed E-state index contributed by atoms with van der Waals surface area (Å²) in [6, 6.07) is 11.9. The van der Waals surface area contributed by atoms with Crippen molar-refractivity contribution >= 4 is 40.7 Å². The van der Waals surface area contributed by atoms with Crippen LogP contribution in [0.3, 0.4) is 0 Å². The Labute approximate surface area is 174 Å². The van der Waals surface area contributed by atoms with E-state index >= 15 is 0 Å². The van der Waals surface area contributed by atoms with Crippen LogP contribution in [0.25, 0.3) is 0 Å². The quantitative estimate of drug-likeness (QED) is 0.684. The van der Waals surface area contributed by atoms with Crippen molar-refractivity contribution in [1.82, 2.24) is 5.32 Å². The van der Waals surface area contributed by atoms with Crippen LogP contribution in [-0.4, -0.2) is 24.5 Å². The van der Waals surface area contributed by atoms with Crippen molar-refractivity contribution in [2.45, 2.75) is 38.1 Å². The third-order valence-corrected chi connectivity index (χ3v) is 5.37. The number of benzene rings is 2. The van der Waals surface area contributed by atoms with Gasteiger partial charge in [-0.1, -0.05) is 42.5 Å². The lowest BCUT2D eigenvalue weighted by Crippen LogP contribution is -2.36. The number of halogens is 2. The van der Waals surface area contributed by atoms with E-state index < -0.39 is 0 Å². The SMILES string of the molecule is O=C(COc1ccc(C(=O)NC2CCCCC2)cc1)Nc1ccc(Cl)c(Cl)c1. The molecule has 0 aromatic heterocycles. The van der Waals surface area contributed by atoms with Crippen molar-refractivity contribution in [3.63, 3.8) is 0 Å². The first-order valence-corrected chi connectivity index (χ1v) is 10.1. The van der Waals surface area contributed by atoms with Gasteiger partial charge in [-0.05, 0) is 55.3 Å². The molecule has 0 aliphatic heterocycles. The molecule has 28 heavy (non-hydrogen) atoms. The Hall–Kier alpha value is -2.24. The van der Waals surface area contributed by atoms with Gasteiger partial charge in [0.15, 0.2) is 6.61 Å². The van der Waals surface area contributed by atoms with Crippen molar-refractivity contribution in [2.24, 2.45) is 0 Å². The Morgan fingerprint density at radius 3 is 2.36 bits per heavy atom. The van der Waals surface area contributed by atoms with Gasteiger partial charge in [-0.3, -0.25) is 9.59 Å². The number of hydrogen-bond acceptors (Lipinski definition) is 3. The van der Waals surface area contributed by atoms with Gasteiger partial charge in [0.05, 0.1) is 10.0 Å². The number of hydrogen-bond donors (Lipinski definition) is 2. The molecular formula is C21H22Cl2N2O3. The third kappa shape index (κ3) is 5.88. The third-order valence-electron chi connectivity index (χ3n) is 4.63. The second kappa shape index (κ2) is 9.80. The van der Waals surface area contributed by atoms with Crippen LogP contribution < -0.4 is 15.4 Å². The average molecular weight is 421 g/mol. The van der Waals surface area contributed by atoms with Crippen LogP contribution in [-0.2, 0) is 4.79 Å². The summed E-state index contributed by atoms with van der Waals surface area (Å²) in [6.07, 6.45) is 5.67. The molecule has 7 heteroatoms. The Bertz CT molecular complexity index is 834. The van der Waals surface area contributed by atoms with Crippen LogP contribution in [0.1, 0.15) is 42.5 Å². The monoisotopic (exact) mass is 420 g/mol. The Balaban J connectivity index is 1.47. The number of rotatable bonds is 6. The van der Waals surface area contributed by atoms with Gasteiger partial charge in [-0.25, -0.2) is 0 Å². The molecule has 2 amide bonds. The molecule has 0 heterocycles. The van der Waals surface area contributed by atoms with Gasteiger partial charge in [0.2, 0.25) is 0 Å². The molecule has 5 nitrogen and oxygen atoms in total. The lowest BCUT2D eigenvalue weighted by Gasteiger charge is -2.22. The van der Waals surface area contributed by atoms with E-state index in [1.54, 1.807) is 42.5 Å². The molecule has 2 aromatic carbocycles. The summed E-state index contributed by atoms with van der Waals surface area (Å²) in [7, 11) is 0. The molecule has 2 aromatic rings. The van der Waals surface area contributed by atoms with E-state index in [9.17, 15) is 9.59 Å². The molecule has 1 saturated carbocycles. The highest BCUT2D eigenvalue weighted by molar-refractivity contribution is 6.42.